The van der Waals surface area contributed by atoms with Crippen molar-refractivity contribution < 1.29 is 22.4 Å². The first kappa shape index (κ1) is 17.7. The summed E-state index contributed by atoms with van der Waals surface area (Å²) in [7, 11) is 0. The molecule has 0 unspecified atom stereocenters. The van der Waals surface area contributed by atoms with Gasteiger partial charge in [-0.1, -0.05) is 5.16 Å². The molecule has 3 aromatic rings. The minimum Gasteiger partial charge on any atom is -0.492 e. The van der Waals surface area contributed by atoms with E-state index in [9.17, 15) is 13.2 Å². The van der Waals surface area contributed by atoms with Crippen molar-refractivity contribution in [1.82, 2.24) is 15.1 Å². The van der Waals surface area contributed by atoms with Gasteiger partial charge < -0.3 is 14.6 Å². The van der Waals surface area contributed by atoms with E-state index in [2.05, 4.69) is 20.4 Å². The molecule has 0 saturated carbocycles. The average molecular weight is 364 g/mol. The summed E-state index contributed by atoms with van der Waals surface area (Å²) in [6, 6.07) is 8.08. The van der Waals surface area contributed by atoms with Crippen molar-refractivity contribution in [1.29, 1.82) is 0 Å². The Labute approximate surface area is 147 Å². The molecule has 0 spiro atoms. The van der Waals surface area contributed by atoms with Crippen LogP contribution in [-0.2, 0) is 6.18 Å². The molecule has 0 aliphatic heterocycles. The Morgan fingerprint density at radius 1 is 1.15 bits per heavy atom. The van der Waals surface area contributed by atoms with Gasteiger partial charge in [0.1, 0.15) is 18.2 Å². The summed E-state index contributed by atoms with van der Waals surface area (Å²) in [6.45, 7) is 2.34. The number of rotatable bonds is 6. The Morgan fingerprint density at radius 2 is 1.92 bits per heavy atom. The molecule has 0 bridgehead atoms. The molecule has 0 saturated heterocycles. The highest BCUT2D eigenvalue weighted by Gasteiger charge is 2.30. The quantitative estimate of drug-likeness (QED) is 0.668. The Hall–Kier alpha value is -3.10. The average Bonchev–Trinajstić information content (AvgIpc) is 3.05. The summed E-state index contributed by atoms with van der Waals surface area (Å²) < 4.78 is 48.1. The van der Waals surface area contributed by atoms with Crippen molar-refractivity contribution in [2.45, 2.75) is 13.1 Å². The third kappa shape index (κ3) is 4.29. The lowest BCUT2D eigenvalue weighted by Gasteiger charge is -2.11. The van der Waals surface area contributed by atoms with Crippen LogP contribution in [-0.4, -0.2) is 28.3 Å². The van der Waals surface area contributed by atoms with Gasteiger partial charge in [0.25, 0.3) is 5.89 Å². The molecule has 9 heteroatoms. The van der Waals surface area contributed by atoms with Gasteiger partial charge in [0.15, 0.2) is 5.82 Å². The van der Waals surface area contributed by atoms with Crippen LogP contribution < -0.4 is 10.1 Å². The Balaban J connectivity index is 1.56. The highest BCUT2D eigenvalue weighted by molar-refractivity contribution is 5.68. The second-order valence-electron chi connectivity index (χ2n) is 5.34. The summed E-state index contributed by atoms with van der Waals surface area (Å²) >= 11 is 0. The molecule has 3 rings (SSSR count). The molecule has 2 aromatic heterocycles. The van der Waals surface area contributed by atoms with E-state index in [1.807, 2.05) is 0 Å². The molecule has 136 valence electrons. The van der Waals surface area contributed by atoms with Crippen molar-refractivity contribution in [2.24, 2.45) is 0 Å². The third-order valence-electron chi connectivity index (χ3n) is 3.41. The predicted octanol–water partition coefficient (Wildman–Crippen LogP) is 3.95. The minimum absolute atomic E-state index is 0.240. The molecular formula is C17H15F3N4O2. The van der Waals surface area contributed by atoms with Gasteiger partial charge in [-0.3, -0.25) is 0 Å². The summed E-state index contributed by atoms with van der Waals surface area (Å²) in [5.41, 5.74) is -0.0569. The van der Waals surface area contributed by atoms with E-state index < -0.39 is 11.7 Å². The number of nitrogens with one attached hydrogen (secondary N) is 1. The fourth-order valence-electron chi connectivity index (χ4n) is 2.20. The van der Waals surface area contributed by atoms with Gasteiger partial charge in [-0.2, -0.15) is 18.2 Å². The molecule has 0 fully saturated rings. The first-order chi connectivity index (χ1) is 12.4. The topological polar surface area (TPSA) is 73.1 Å². The second kappa shape index (κ2) is 7.42. The maximum absolute atomic E-state index is 12.5. The van der Waals surface area contributed by atoms with Gasteiger partial charge in [-0.05, 0) is 43.3 Å². The van der Waals surface area contributed by atoms with Crippen LogP contribution in [0.15, 0.2) is 47.1 Å². The van der Waals surface area contributed by atoms with Gasteiger partial charge in [0.05, 0.1) is 17.7 Å². The third-order valence-corrected chi connectivity index (χ3v) is 3.41. The normalized spacial score (nSPS) is 11.4. The van der Waals surface area contributed by atoms with Gasteiger partial charge in [-0.25, -0.2) is 4.98 Å². The molecular weight excluding hydrogens is 349 g/mol. The summed E-state index contributed by atoms with van der Waals surface area (Å²) in [6.07, 6.45) is -2.74. The number of hydrogen-bond acceptors (Lipinski definition) is 6. The number of anilines is 1. The predicted molar refractivity (Wildman–Crippen MR) is 87.7 cm³/mol. The van der Waals surface area contributed by atoms with Crippen molar-refractivity contribution >= 4 is 5.82 Å². The number of nitrogens with zero attached hydrogens (tertiary/aromatic N) is 3. The van der Waals surface area contributed by atoms with Gasteiger partial charge in [-0.15, -0.1) is 0 Å². The lowest BCUT2D eigenvalue weighted by Crippen LogP contribution is -2.13. The lowest BCUT2D eigenvalue weighted by molar-refractivity contribution is -0.137. The molecule has 26 heavy (non-hydrogen) atoms. The molecule has 0 aliphatic carbocycles. The van der Waals surface area contributed by atoms with Crippen LogP contribution in [0.3, 0.4) is 0 Å². The standard InChI is InChI=1S/C17H15F3N4O2/c1-11-23-16(26-24-11)14-3-2-8-21-15(14)22-9-10-25-13-6-4-12(5-7-13)17(18,19)20/h2-8H,9-10H2,1H3,(H,21,22). The van der Waals surface area contributed by atoms with Crippen molar-refractivity contribution in [3.8, 4) is 17.2 Å². The number of hydrogen-bond donors (Lipinski definition) is 1. The van der Waals surface area contributed by atoms with Crippen LogP contribution in [0, 0.1) is 6.92 Å². The molecule has 6 nitrogen and oxygen atoms in total. The number of aryl methyl sites for hydroxylation is 1. The van der Waals surface area contributed by atoms with Crippen LogP contribution in [0.5, 0.6) is 5.75 Å². The van der Waals surface area contributed by atoms with E-state index in [0.717, 1.165) is 12.1 Å². The SMILES string of the molecule is Cc1noc(-c2cccnc2NCCOc2ccc(C(F)(F)F)cc2)n1. The molecule has 2 heterocycles. The highest BCUT2D eigenvalue weighted by atomic mass is 19.4. The van der Waals surface area contributed by atoms with Crippen LogP contribution in [0.2, 0.25) is 0 Å². The van der Waals surface area contributed by atoms with Crippen LogP contribution in [0.1, 0.15) is 11.4 Å². The number of ether oxygens (including phenoxy) is 1. The number of benzene rings is 1. The number of aromatic nitrogens is 3. The molecule has 0 amide bonds. The van der Waals surface area contributed by atoms with E-state index in [1.165, 1.54) is 12.1 Å². The first-order valence-corrected chi connectivity index (χ1v) is 7.73. The van der Waals surface area contributed by atoms with Gasteiger partial charge in [0.2, 0.25) is 0 Å². The lowest BCUT2D eigenvalue weighted by atomic mass is 10.2. The first-order valence-electron chi connectivity index (χ1n) is 7.73. The van der Waals surface area contributed by atoms with E-state index >= 15 is 0 Å². The van der Waals surface area contributed by atoms with Crippen molar-refractivity contribution in [3.63, 3.8) is 0 Å². The van der Waals surface area contributed by atoms with Crippen LogP contribution in [0.25, 0.3) is 11.5 Å². The molecule has 0 atom stereocenters. The largest absolute Gasteiger partial charge is 0.492 e. The fourth-order valence-corrected chi connectivity index (χ4v) is 2.20. The second-order valence-corrected chi connectivity index (χ2v) is 5.34. The zero-order chi connectivity index (χ0) is 18.6. The van der Waals surface area contributed by atoms with E-state index in [0.29, 0.717) is 35.4 Å². The zero-order valence-electron chi connectivity index (χ0n) is 13.7. The number of alkyl halides is 3. The number of pyridine rings is 1. The Kier molecular flexibility index (Phi) is 5.06. The van der Waals surface area contributed by atoms with Crippen molar-refractivity contribution in [2.75, 3.05) is 18.5 Å². The monoisotopic (exact) mass is 364 g/mol. The Bertz CT molecular complexity index is 863. The summed E-state index contributed by atoms with van der Waals surface area (Å²) in [5.74, 6) is 1.77. The molecule has 0 aliphatic rings. The van der Waals surface area contributed by atoms with E-state index in [4.69, 9.17) is 9.26 Å². The molecule has 1 aromatic carbocycles. The molecule has 1 N–H and O–H groups in total. The fraction of sp³-hybridized carbons (Fsp3) is 0.235. The van der Waals surface area contributed by atoms with E-state index in [1.54, 1.807) is 25.3 Å². The zero-order valence-corrected chi connectivity index (χ0v) is 13.7. The Morgan fingerprint density at radius 3 is 2.58 bits per heavy atom. The maximum Gasteiger partial charge on any atom is 0.416 e. The maximum atomic E-state index is 12.5. The van der Waals surface area contributed by atoms with Crippen LogP contribution >= 0.6 is 0 Å². The van der Waals surface area contributed by atoms with Crippen LogP contribution in [0.4, 0.5) is 19.0 Å². The van der Waals surface area contributed by atoms with E-state index in [-0.39, 0.29) is 6.61 Å². The van der Waals surface area contributed by atoms with Gasteiger partial charge >= 0.3 is 6.18 Å². The number of halogens is 3. The molecule has 0 radical (unpaired) electrons. The summed E-state index contributed by atoms with van der Waals surface area (Å²) in [5, 5.41) is 6.83. The summed E-state index contributed by atoms with van der Waals surface area (Å²) in [4.78, 5) is 8.39. The highest BCUT2D eigenvalue weighted by Crippen LogP contribution is 2.30. The minimum atomic E-state index is -4.36. The van der Waals surface area contributed by atoms with Crippen molar-refractivity contribution in [3.05, 3.63) is 54.0 Å². The van der Waals surface area contributed by atoms with Gasteiger partial charge in [0, 0.05) is 6.20 Å². The smallest absolute Gasteiger partial charge is 0.416 e.